The predicted octanol–water partition coefficient (Wildman–Crippen LogP) is 3.41. The van der Waals surface area contributed by atoms with Gasteiger partial charge in [-0.25, -0.2) is 0 Å². The zero-order valence-electron chi connectivity index (χ0n) is 12.7. The predicted molar refractivity (Wildman–Crippen MR) is 80.2 cm³/mol. The van der Waals surface area contributed by atoms with Gasteiger partial charge in [0.1, 0.15) is 6.61 Å². The molecular weight excluding hydrogens is 238 g/mol. The maximum absolute atomic E-state index is 5.72. The van der Waals surface area contributed by atoms with Crippen LogP contribution in [0.5, 0.6) is 11.5 Å². The number of ether oxygens (including phenoxy) is 2. The molecule has 0 amide bonds. The van der Waals surface area contributed by atoms with Crippen molar-refractivity contribution >= 4 is 0 Å². The minimum absolute atomic E-state index is 0.668. The molecule has 0 saturated carbocycles. The molecule has 1 aromatic carbocycles. The van der Waals surface area contributed by atoms with Crippen LogP contribution in [0.15, 0.2) is 18.2 Å². The SMILES string of the molecule is COc1cc(C)ccc1OCCNCCCC(C)C. The van der Waals surface area contributed by atoms with Crippen LogP contribution in [-0.2, 0) is 0 Å². The molecule has 0 aliphatic carbocycles. The first-order valence-corrected chi connectivity index (χ1v) is 7.11. The van der Waals surface area contributed by atoms with Crippen LogP contribution < -0.4 is 14.8 Å². The molecule has 0 fully saturated rings. The van der Waals surface area contributed by atoms with Crippen molar-refractivity contribution in [2.75, 3.05) is 26.8 Å². The summed E-state index contributed by atoms with van der Waals surface area (Å²) in [6, 6.07) is 5.99. The number of hydrogen-bond donors (Lipinski definition) is 1. The second kappa shape index (κ2) is 8.81. The Kier molecular flexibility index (Phi) is 7.34. The monoisotopic (exact) mass is 265 g/mol. The van der Waals surface area contributed by atoms with Crippen molar-refractivity contribution in [1.29, 1.82) is 0 Å². The van der Waals surface area contributed by atoms with E-state index < -0.39 is 0 Å². The minimum Gasteiger partial charge on any atom is -0.493 e. The molecule has 1 aromatic rings. The van der Waals surface area contributed by atoms with E-state index in [9.17, 15) is 0 Å². The molecule has 0 aliphatic rings. The molecule has 1 rings (SSSR count). The molecular formula is C16H27NO2. The van der Waals surface area contributed by atoms with Gasteiger partial charge in [0.05, 0.1) is 7.11 Å². The number of benzene rings is 1. The van der Waals surface area contributed by atoms with E-state index in [1.165, 1.54) is 18.4 Å². The normalized spacial score (nSPS) is 10.8. The summed E-state index contributed by atoms with van der Waals surface area (Å²) in [4.78, 5) is 0. The van der Waals surface area contributed by atoms with E-state index in [-0.39, 0.29) is 0 Å². The van der Waals surface area contributed by atoms with Gasteiger partial charge in [-0.15, -0.1) is 0 Å². The molecule has 0 heterocycles. The molecule has 108 valence electrons. The summed E-state index contributed by atoms with van der Waals surface area (Å²) in [7, 11) is 1.67. The average Bonchev–Trinajstić information content (AvgIpc) is 2.38. The molecule has 0 aliphatic heterocycles. The zero-order valence-corrected chi connectivity index (χ0v) is 12.7. The lowest BCUT2D eigenvalue weighted by Crippen LogP contribution is -2.22. The third-order valence-corrected chi connectivity index (χ3v) is 2.99. The van der Waals surface area contributed by atoms with Crippen molar-refractivity contribution in [3.05, 3.63) is 23.8 Å². The van der Waals surface area contributed by atoms with E-state index in [4.69, 9.17) is 9.47 Å². The van der Waals surface area contributed by atoms with Gasteiger partial charge in [-0.05, 0) is 49.9 Å². The van der Waals surface area contributed by atoms with Crippen LogP contribution in [0, 0.1) is 12.8 Å². The molecule has 0 bridgehead atoms. The highest BCUT2D eigenvalue weighted by molar-refractivity contribution is 5.42. The van der Waals surface area contributed by atoms with Crippen molar-refractivity contribution in [1.82, 2.24) is 5.32 Å². The molecule has 19 heavy (non-hydrogen) atoms. The van der Waals surface area contributed by atoms with Crippen molar-refractivity contribution in [2.45, 2.75) is 33.6 Å². The van der Waals surface area contributed by atoms with Gasteiger partial charge in [0.15, 0.2) is 11.5 Å². The zero-order chi connectivity index (χ0) is 14.1. The van der Waals surface area contributed by atoms with Gasteiger partial charge >= 0.3 is 0 Å². The van der Waals surface area contributed by atoms with Gasteiger partial charge in [0.2, 0.25) is 0 Å². The molecule has 0 saturated heterocycles. The Morgan fingerprint density at radius 1 is 1.16 bits per heavy atom. The van der Waals surface area contributed by atoms with Crippen LogP contribution in [-0.4, -0.2) is 26.8 Å². The highest BCUT2D eigenvalue weighted by Gasteiger charge is 2.03. The summed E-state index contributed by atoms with van der Waals surface area (Å²) in [5, 5.41) is 3.39. The quantitative estimate of drug-likeness (QED) is 0.694. The molecule has 0 atom stereocenters. The van der Waals surface area contributed by atoms with E-state index in [2.05, 4.69) is 19.2 Å². The Labute approximate surface area is 117 Å². The summed E-state index contributed by atoms with van der Waals surface area (Å²) in [5.41, 5.74) is 1.18. The molecule has 3 heteroatoms. The van der Waals surface area contributed by atoms with Crippen LogP contribution in [0.2, 0.25) is 0 Å². The maximum atomic E-state index is 5.72. The molecule has 0 spiro atoms. The van der Waals surface area contributed by atoms with E-state index in [1.54, 1.807) is 7.11 Å². The fraction of sp³-hybridized carbons (Fsp3) is 0.625. The van der Waals surface area contributed by atoms with E-state index >= 15 is 0 Å². The third-order valence-electron chi connectivity index (χ3n) is 2.99. The lowest BCUT2D eigenvalue weighted by atomic mass is 10.1. The van der Waals surface area contributed by atoms with Crippen LogP contribution in [0.4, 0.5) is 0 Å². The largest absolute Gasteiger partial charge is 0.493 e. The van der Waals surface area contributed by atoms with Crippen molar-refractivity contribution in [3.8, 4) is 11.5 Å². The van der Waals surface area contributed by atoms with Crippen LogP contribution in [0.1, 0.15) is 32.3 Å². The van der Waals surface area contributed by atoms with Crippen LogP contribution in [0.3, 0.4) is 0 Å². The van der Waals surface area contributed by atoms with E-state index in [0.717, 1.165) is 30.5 Å². The van der Waals surface area contributed by atoms with Crippen molar-refractivity contribution in [2.24, 2.45) is 5.92 Å². The Bertz CT molecular complexity index is 364. The van der Waals surface area contributed by atoms with Gasteiger partial charge < -0.3 is 14.8 Å². The number of aryl methyl sites for hydroxylation is 1. The lowest BCUT2D eigenvalue weighted by Gasteiger charge is -2.12. The standard InChI is InChI=1S/C16H27NO2/c1-13(2)6-5-9-17-10-11-19-15-8-7-14(3)12-16(15)18-4/h7-8,12-13,17H,5-6,9-11H2,1-4H3. The molecule has 1 N–H and O–H groups in total. The van der Waals surface area contributed by atoms with Crippen LogP contribution >= 0.6 is 0 Å². The summed E-state index contributed by atoms with van der Waals surface area (Å²) >= 11 is 0. The number of hydrogen-bond acceptors (Lipinski definition) is 3. The molecule has 0 unspecified atom stereocenters. The fourth-order valence-electron chi connectivity index (χ4n) is 1.89. The summed E-state index contributed by atoms with van der Waals surface area (Å²) < 4.78 is 11.0. The maximum Gasteiger partial charge on any atom is 0.161 e. The first kappa shape index (κ1) is 15.8. The van der Waals surface area contributed by atoms with Crippen LogP contribution in [0.25, 0.3) is 0 Å². The average molecular weight is 265 g/mol. The van der Waals surface area contributed by atoms with Crippen molar-refractivity contribution in [3.63, 3.8) is 0 Å². The Morgan fingerprint density at radius 3 is 2.63 bits per heavy atom. The first-order valence-electron chi connectivity index (χ1n) is 7.11. The lowest BCUT2D eigenvalue weighted by molar-refractivity contribution is 0.291. The Morgan fingerprint density at radius 2 is 1.95 bits per heavy atom. The second-order valence-electron chi connectivity index (χ2n) is 5.29. The second-order valence-corrected chi connectivity index (χ2v) is 5.29. The number of nitrogens with one attached hydrogen (secondary N) is 1. The van der Waals surface area contributed by atoms with Gasteiger partial charge in [0.25, 0.3) is 0 Å². The van der Waals surface area contributed by atoms with Gasteiger partial charge in [0, 0.05) is 6.54 Å². The molecule has 0 radical (unpaired) electrons. The summed E-state index contributed by atoms with van der Waals surface area (Å²) in [6.45, 7) is 9.16. The van der Waals surface area contributed by atoms with E-state index in [1.807, 2.05) is 25.1 Å². The Hall–Kier alpha value is -1.22. The Balaban J connectivity index is 2.19. The molecule has 3 nitrogen and oxygen atoms in total. The van der Waals surface area contributed by atoms with Gasteiger partial charge in [-0.2, -0.15) is 0 Å². The van der Waals surface area contributed by atoms with Gasteiger partial charge in [-0.1, -0.05) is 19.9 Å². The number of methoxy groups -OCH3 is 1. The topological polar surface area (TPSA) is 30.5 Å². The fourth-order valence-corrected chi connectivity index (χ4v) is 1.89. The summed E-state index contributed by atoms with van der Waals surface area (Å²) in [5.74, 6) is 2.41. The van der Waals surface area contributed by atoms with E-state index in [0.29, 0.717) is 6.61 Å². The highest BCUT2D eigenvalue weighted by atomic mass is 16.5. The van der Waals surface area contributed by atoms with Crippen molar-refractivity contribution < 1.29 is 9.47 Å². The third kappa shape index (κ3) is 6.48. The molecule has 0 aromatic heterocycles. The smallest absolute Gasteiger partial charge is 0.161 e. The first-order chi connectivity index (χ1) is 9.13. The highest BCUT2D eigenvalue weighted by Crippen LogP contribution is 2.27. The summed E-state index contributed by atoms with van der Waals surface area (Å²) in [6.07, 6.45) is 2.51. The number of rotatable bonds is 9. The minimum atomic E-state index is 0.668. The van der Waals surface area contributed by atoms with Gasteiger partial charge in [-0.3, -0.25) is 0 Å².